The van der Waals surface area contributed by atoms with E-state index in [2.05, 4.69) is 5.32 Å². The van der Waals surface area contributed by atoms with Gasteiger partial charge < -0.3 is 15.0 Å². The van der Waals surface area contributed by atoms with Crippen LogP contribution in [0.5, 0.6) is 0 Å². The molecule has 0 aromatic heterocycles. The molecule has 2 rings (SSSR count). The summed E-state index contributed by atoms with van der Waals surface area (Å²) in [4.78, 5) is 25.8. The van der Waals surface area contributed by atoms with Gasteiger partial charge in [0.15, 0.2) is 0 Å². The number of nitriles is 1. The standard InChI is InChI=1S/C17H20FN3O3/c1-17(2,3)24-16(23)21-7-6-11(10-21)15(22)20-13-4-5-14(18)12(8-13)9-19/h4-5,8,11H,6-7,10H2,1-3H3,(H,20,22)/t11-/m0/s1. The van der Waals surface area contributed by atoms with Crippen molar-refractivity contribution in [1.82, 2.24) is 4.90 Å². The fourth-order valence-electron chi connectivity index (χ4n) is 2.40. The molecule has 0 bridgehead atoms. The highest BCUT2D eigenvalue weighted by Gasteiger charge is 2.33. The maximum Gasteiger partial charge on any atom is 0.410 e. The number of rotatable bonds is 2. The Kier molecular flexibility index (Phi) is 5.07. The molecule has 6 nitrogen and oxygen atoms in total. The minimum absolute atomic E-state index is 0.130. The molecule has 128 valence electrons. The van der Waals surface area contributed by atoms with Crippen molar-refractivity contribution in [2.75, 3.05) is 18.4 Å². The van der Waals surface area contributed by atoms with Crippen molar-refractivity contribution in [2.24, 2.45) is 5.92 Å². The highest BCUT2D eigenvalue weighted by atomic mass is 19.1. The van der Waals surface area contributed by atoms with Gasteiger partial charge in [-0.3, -0.25) is 4.79 Å². The number of benzene rings is 1. The number of anilines is 1. The number of carbonyl (C=O) groups excluding carboxylic acids is 2. The van der Waals surface area contributed by atoms with E-state index in [1.807, 2.05) is 0 Å². The predicted molar refractivity (Wildman–Crippen MR) is 85.7 cm³/mol. The molecule has 1 heterocycles. The zero-order chi connectivity index (χ0) is 17.9. The number of ether oxygens (including phenoxy) is 1. The summed E-state index contributed by atoms with van der Waals surface area (Å²) >= 11 is 0. The van der Waals surface area contributed by atoms with Crippen LogP contribution in [0.15, 0.2) is 18.2 Å². The van der Waals surface area contributed by atoms with Crippen LogP contribution in [0, 0.1) is 23.1 Å². The Balaban J connectivity index is 1.95. The molecule has 1 N–H and O–H groups in total. The first-order valence-corrected chi connectivity index (χ1v) is 7.68. The number of likely N-dealkylation sites (tertiary alicyclic amines) is 1. The van der Waals surface area contributed by atoms with Crippen LogP contribution < -0.4 is 5.32 Å². The molecule has 1 atom stereocenters. The third-order valence-corrected chi connectivity index (χ3v) is 3.57. The summed E-state index contributed by atoms with van der Waals surface area (Å²) in [6.07, 6.45) is 0.0866. The topological polar surface area (TPSA) is 82.4 Å². The van der Waals surface area contributed by atoms with Crippen LogP contribution in [-0.2, 0) is 9.53 Å². The Labute approximate surface area is 140 Å². The van der Waals surface area contributed by atoms with Gasteiger partial charge in [-0.1, -0.05) is 0 Å². The average molecular weight is 333 g/mol. The number of nitrogens with zero attached hydrogens (tertiary/aromatic N) is 2. The Hall–Kier alpha value is -2.62. The van der Waals surface area contributed by atoms with Gasteiger partial charge in [0.1, 0.15) is 17.5 Å². The molecule has 24 heavy (non-hydrogen) atoms. The second kappa shape index (κ2) is 6.87. The smallest absolute Gasteiger partial charge is 0.410 e. The van der Waals surface area contributed by atoms with Gasteiger partial charge in [-0.2, -0.15) is 5.26 Å². The summed E-state index contributed by atoms with van der Waals surface area (Å²) in [6, 6.07) is 5.54. The third kappa shape index (κ3) is 4.44. The highest BCUT2D eigenvalue weighted by molar-refractivity contribution is 5.93. The summed E-state index contributed by atoms with van der Waals surface area (Å²) in [6.45, 7) is 6.07. The van der Waals surface area contributed by atoms with Crippen molar-refractivity contribution in [3.8, 4) is 6.07 Å². The van der Waals surface area contributed by atoms with Gasteiger partial charge in [-0.25, -0.2) is 9.18 Å². The Morgan fingerprint density at radius 1 is 1.42 bits per heavy atom. The second-order valence-corrected chi connectivity index (χ2v) is 6.71. The second-order valence-electron chi connectivity index (χ2n) is 6.71. The fourth-order valence-corrected chi connectivity index (χ4v) is 2.40. The predicted octanol–water partition coefficient (Wildman–Crippen LogP) is 2.89. The van der Waals surface area contributed by atoms with Gasteiger partial charge in [0.2, 0.25) is 5.91 Å². The lowest BCUT2D eigenvalue weighted by Crippen LogP contribution is -2.36. The number of hydrogen-bond donors (Lipinski definition) is 1. The zero-order valence-electron chi connectivity index (χ0n) is 13.9. The average Bonchev–Trinajstić information content (AvgIpc) is 2.97. The molecule has 0 unspecified atom stereocenters. The number of amides is 2. The van der Waals surface area contributed by atoms with Crippen molar-refractivity contribution in [3.05, 3.63) is 29.6 Å². The minimum atomic E-state index is -0.632. The number of hydrogen-bond acceptors (Lipinski definition) is 4. The van der Waals surface area contributed by atoms with Crippen LogP contribution in [-0.4, -0.2) is 35.6 Å². The lowest BCUT2D eigenvalue weighted by atomic mass is 10.1. The normalized spacial score (nSPS) is 17.3. The monoisotopic (exact) mass is 333 g/mol. The van der Waals surface area contributed by atoms with E-state index in [9.17, 15) is 14.0 Å². The highest BCUT2D eigenvalue weighted by Crippen LogP contribution is 2.22. The summed E-state index contributed by atoms with van der Waals surface area (Å²) in [5.41, 5.74) is -0.359. The zero-order valence-corrected chi connectivity index (χ0v) is 13.9. The third-order valence-electron chi connectivity index (χ3n) is 3.57. The van der Waals surface area contributed by atoms with E-state index >= 15 is 0 Å². The molecule has 1 aliphatic rings. The first kappa shape index (κ1) is 17.7. The molecular weight excluding hydrogens is 313 g/mol. The van der Waals surface area contributed by atoms with Gasteiger partial charge in [0.25, 0.3) is 0 Å². The number of halogens is 1. The van der Waals surface area contributed by atoms with Crippen LogP contribution in [0.1, 0.15) is 32.8 Å². The lowest BCUT2D eigenvalue weighted by Gasteiger charge is -2.24. The van der Waals surface area contributed by atoms with E-state index in [0.717, 1.165) is 6.07 Å². The van der Waals surface area contributed by atoms with E-state index in [4.69, 9.17) is 10.00 Å². The van der Waals surface area contributed by atoms with Gasteiger partial charge in [-0.15, -0.1) is 0 Å². The molecule has 0 aliphatic carbocycles. The van der Waals surface area contributed by atoms with Crippen molar-refractivity contribution in [2.45, 2.75) is 32.8 Å². The molecule has 0 radical (unpaired) electrons. The van der Waals surface area contributed by atoms with Crippen LogP contribution >= 0.6 is 0 Å². The summed E-state index contributed by atoms with van der Waals surface area (Å²) in [5.74, 6) is -1.27. The molecule has 1 saturated heterocycles. The first-order valence-electron chi connectivity index (χ1n) is 7.68. The van der Waals surface area contributed by atoms with Crippen LogP contribution in [0.4, 0.5) is 14.9 Å². The molecule has 1 aromatic carbocycles. The van der Waals surface area contributed by atoms with E-state index < -0.39 is 17.5 Å². The molecule has 2 amide bonds. The molecule has 0 saturated carbocycles. The summed E-state index contributed by atoms with van der Waals surface area (Å²) in [7, 11) is 0. The van der Waals surface area contributed by atoms with Gasteiger partial charge in [0, 0.05) is 18.8 Å². The SMILES string of the molecule is CC(C)(C)OC(=O)N1CC[C@H](C(=O)Nc2ccc(F)c(C#N)c2)C1. The van der Waals surface area contributed by atoms with Crippen LogP contribution in [0.25, 0.3) is 0 Å². The quantitative estimate of drug-likeness (QED) is 0.902. The largest absolute Gasteiger partial charge is 0.444 e. The van der Waals surface area contributed by atoms with Gasteiger partial charge in [0.05, 0.1) is 11.5 Å². The maximum absolute atomic E-state index is 13.3. The first-order chi connectivity index (χ1) is 11.2. The maximum atomic E-state index is 13.3. The fraction of sp³-hybridized carbons (Fsp3) is 0.471. The molecule has 1 fully saturated rings. The lowest BCUT2D eigenvalue weighted by molar-refractivity contribution is -0.119. The Morgan fingerprint density at radius 3 is 2.75 bits per heavy atom. The van der Waals surface area contributed by atoms with Crippen molar-refractivity contribution in [1.29, 1.82) is 5.26 Å². The Morgan fingerprint density at radius 2 is 2.12 bits per heavy atom. The van der Waals surface area contributed by atoms with E-state index in [-0.39, 0.29) is 23.9 Å². The van der Waals surface area contributed by atoms with Crippen molar-refractivity contribution in [3.63, 3.8) is 0 Å². The van der Waals surface area contributed by atoms with Gasteiger partial charge >= 0.3 is 6.09 Å². The molecule has 1 aromatic rings. The van der Waals surface area contributed by atoms with E-state index in [1.54, 1.807) is 26.8 Å². The van der Waals surface area contributed by atoms with Crippen LogP contribution in [0.2, 0.25) is 0 Å². The molecular formula is C17H20FN3O3. The molecule has 1 aliphatic heterocycles. The summed E-state index contributed by atoms with van der Waals surface area (Å²) < 4.78 is 18.6. The molecule has 7 heteroatoms. The minimum Gasteiger partial charge on any atom is -0.444 e. The van der Waals surface area contributed by atoms with E-state index in [0.29, 0.717) is 18.7 Å². The molecule has 0 spiro atoms. The van der Waals surface area contributed by atoms with E-state index in [1.165, 1.54) is 17.0 Å². The van der Waals surface area contributed by atoms with Gasteiger partial charge in [-0.05, 0) is 45.4 Å². The van der Waals surface area contributed by atoms with Crippen molar-refractivity contribution < 1.29 is 18.7 Å². The van der Waals surface area contributed by atoms with Crippen molar-refractivity contribution >= 4 is 17.7 Å². The number of carbonyl (C=O) groups is 2. The van der Waals surface area contributed by atoms with Crippen LogP contribution in [0.3, 0.4) is 0 Å². The summed E-state index contributed by atoms with van der Waals surface area (Å²) in [5, 5.41) is 11.5. The Bertz CT molecular complexity index is 691. The number of nitrogens with one attached hydrogen (secondary N) is 1.